The number of fused-ring (bicyclic) bond motifs is 1. The van der Waals surface area contributed by atoms with Gasteiger partial charge in [-0.3, -0.25) is 14.2 Å². The van der Waals surface area contributed by atoms with Crippen molar-refractivity contribution in [3.63, 3.8) is 0 Å². The first kappa shape index (κ1) is 27.0. The molecule has 0 unspecified atom stereocenters. The Labute approximate surface area is 219 Å². The summed E-state index contributed by atoms with van der Waals surface area (Å²) in [6.45, 7) is -0.118. The number of rotatable bonds is 8. The number of nitrogens with one attached hydrogen (secondary N) is 2. The van der Waals surface area contributed by atoms with Gasteiger partial charge in [-0.05, 0) is 49.5 Å². The van der Waals surface area contributed by atoms with Crippen molar-refractivity contribution in [2.75, 3.05) is 33.6 Å². The number of halogens is 2. The average molecular weight is 546 g/mol. The number of anilines is 1. The van der Waals surface area contributed by atoms with Gasteiger partial charge in [-0.15, -0.1) is 11.3 Å². The lowest BCUT2D eigenvalue weighted by Gasteiger charge is -2.14. The third-order valence-electron chi connectivity index (χ3n) is 5.67. The maximum Gasteiger partial charge on any atom is 0.366 e. The first-order chi connectivity index (χ1) is 18.2. The third-order valence-corrected chi connectivity index (χ3v) is 6.98. The number of aromatic nitrogens is 2. The summed E-state index contributed by atoms with van der Waals surface area (Å²) in [5, 5.41) is 2.81. The van der Waals surface area contributed by atoms with Crippen LogP contribution in [0.5, 0.6) is 0 Å². The highest BCUT2D eigenvalue weighted by Crippen LogP contribution is 2.38. The Bertz CT molecular complexity index is 1590. The lowest BCUT2D eigenvalue weighted by Crippen LogP contribution is -2.43. The zero-order chi connectivity index (χ0) is 27.6. The first-order valence-corrected chi connectivity index (χ1v) is 12.1. The summed E-state index contributed by atoms with van der Waals surface area (Å²) < 4.78 is 30.8. The second-order valence-corrected chi connectivity index (χ2v) is 9.52. The van der Waals surface area contributed by atoms with Gasteiger partial charge in [0.25, 0.3) is 5.56 Å². The molecule has 0 aliphatic heterocycles. The van der Waals surface area contributed by atoms with E-state index in [0.717, 1.165) is 28.0 Å². The largest absolute Gasteiger partial charge is 0.409 e. The van der Waals surface area contributed by atoms with E-state index in [-0.39, 0.29) is 15.8 Å². The van der Waals surface area contributed by atoms with Gasteiger partial charge < -0.3 is 15.1 Å². The molecule has 10 nitrogen and oxygen atoms in total. The van der Waals surface area contributed by atoms with Gasteiger partial charge in [0.1, 0.15) is 23.6 Å². The van der Waals surface area contributed by atoms with E-state index in [1.165, 1.54) is 20.3 Å². The van der Waals surface area contributed by atoms with Crippen LogP contribution >= 0.6 is 11.3 Å². The van der Waals surface area contributed by atoms with Gasteiger partial charge in [0.15, 0.2) is 0 Å². The van der Waals surface area contributed by atoms with Gasteiger partial charge in [0.2, 0.25) is 0 Å². The number of urea groups is 1. The zero-order valence-corrected chi connectivity index (χ0v) is 21.8. The Morgan fingerprint density at radius 3 is 2.26 bits per heavy atom. The summed E-state index contributed by atoms with van der Waals surface area (Å²) in [7, 11) is 6.14. The summed E-state index contributed by atoms with van der Waals surface area (Å²) in [5.74, 6) is -1.63. The Hall–Kier alpha value is -4.07. The molecular formula is C25H25F2N5O5S. The Kier molecular flexibility index (Phi) is 7.90. The van der Waals surface area contributed by atoms with Crippen molar-refractivity contribution in [2.45, 2.75) is 13.1 Å². The number of thiophene rings is 1. The van der Waals surface area contributed by atoms with E-state index in [0.29, 0.717) is 33.0 Å². The van der Waals surface area contributed by atoms with Gasteiger partial charge in [0, 0.05) is 22.7 Å². The van der Waals surface area contributed by atoms with Gasteiger partial charge in [-0.2, -0.15) is 0 Å². The monoisotopic (exact) mass is 545 g/mol. The molecule has 0 aliphatic rings. The van der Waals surface area contributed by atoms with Gasteiger partial charge >= 0.3 is 11.7 Å². The van der Waals surface area contributed by atoms with E-state index in [1.807, 2.05) is 19.0 Å². The highest BCUT2D eigenvalue weighted by Gasteiger charge is 2.25. The number of benzene rings is 2. The quantitative estimate of drug-likeness (QED) is 0.330. The zero-order valence-electron chi connectivity index (χ0n) is 21.0. The van der Waals surface area contributed by atoms with E-state index in [1.54, 1.807) is 24.3 Å². The summed E-state index contributed by atoms with van der Waals surface area (Å²) in [4.78, 5) is 50.8. The smallest absolute Gasteiger partial charge is 0.366 e. The van der Waals surface area contributed by atoms with Gasteiger partial charge in [0.05, 0.1) is 19.0 Å². The molecule has 2 amide bonds. The van der Waals surface area contributed by atoms with Crippen LogP contribution in [0.4, 0.5) is 19.3 Å². The molecule has 0 bridgehead atoms. The molecule has 0 spiro atoms. The second-order valence-electron chi connectivity index (χ2n) is 8.52. The maximum absolute atomic E-state index is 14.5. The van der Waals surface area contributed by atoms with Crippen molar-refractivity contribution < 1.29 is 23.3 Å². The summed E-state index contributed by atoms with van der Waals surface area (Å²) in [5.41, 5.74) is 2.13. The molecule has 4 aromatic rings. The van der Waals surface area contributed by atoms with Crippen LogP contribution in [0.25, 0.3) is 20.7 Å². The highest BCUT2D eigenvalue weighted by molar-refractivity contribution is 7.22. The number of nitrogens with zero attached hydrogens (tertiary/aromatic N) is 3. The Morgan fingerprint density at radius 2 is 1.68 bits per heavy atom. The van der Waals surface area contributed by atoms with E-state index in [2.05, 4.69) is 15.6 Å². The molecule has 2 aromatic carbocycles. The summed E-state index contributed by atoms with van der Waals surface area (Å²) in [6, 6.07) is 9.73. The van der Waals surface area contributed by atoms with Crippen molar-refractivity contribution in [2.24, 2.45) is 0 Å². The number of hydrogen-bond acceptors (Lipinski definition) is 7. The van der Waals surface area contributed by atoms with Crippen LogP contribution < -0.4 is 26.9 Å². The van der Waals surface area contributed by atoms with Gasteiger partial charge in [-0.25, -0.2) is 23.9 Å². The van der Waals surface area contributed by atoms with Crippen LogP contribution in [0.15, 0.2) is 52.1 Å². The van der Waals surface area contributed by atoms with Crippen molar-refractivity contribution >= 4 is 33.3 Å². The molecule has 2 N–H and O–H groups in total. The van der Waals surface area contributed by atoms with E-state index < -0.39 is 35.5 Å². The average Bonchev–Trinajstić information content (AvgIpc) is 3.22. The lowest BCUT2D eigenvalue weighted by atomic mass is 10.1. The lowest BCUT2D eigenvalue weighted by molar-refractivity contribution is 0.114. The first-order valence-electron chi connectivity index (χ1n) is 11.3. The van der Waals surface area contributed by atoms with Crippen LogP contribution in [0, 0.1) is 11.6 Å². The molecular weight excluding hydrogens is 520 g/mol. The fraction of sp³-hybridized carbons (Fsp3) is 0.240. The molecule has 200 valence electrons. The fourth-order valence-electron chi connectivity index (χ4n) is 4.04. The van der Waals surface area contributed by atoms with Gasteiger partial charge in [-0.1, -0.05) is 22.9 Å². The predicted octanol–water partition coefficient (Wildman–Crippen LogP) is 3.02. The van der Waals surface area contributed by atoms with E-state index >= 15 is 0 Å². The van der Waals surface area contributed by atoms with Crippen LogP contribution in [0.2, 0.25) is 0 Å². The highest BCUT2D eigenvalue weighted by atomic mass is 32.1. The maximum atomic E-state index is 14.5. The standard InChI is InChI=1S/C25H25F2N5O5S/c1-30(2)12-17-20-22(33)32(37-4)25(35)31(13-16-18(26)6-5-7-19(16)27)23(20)38-21(17)14-8-10-15(11-9-14)28-24(34)29-36-3/h5-11H,12-13H2,1-4H3,(H2,28,29,34). The molecule has 0 saturated carbocycles. The van der Waals surface area contributed by atoms with Crippen LogP contribution in [-0.4, -0.2) is 48.5 Å². The van der Waals surface area contributed by atoms with Crippen LogP contribution in [0.3, 0.4) is 0 Å². The van der Waals surface area contributed by atoms with Crippen molar-refractivity contribution in [3.8, 4) is 10.4 Å². The molecule has 2 heterocycles. The predicted molar refractivity (Wildman–Crippen MR) is 140 cm³/mol. The van der Waals surface area contributed by atoms with Crippen LogP contribution in [-0.2, 0) is 17.9 Å². The number of amides is 2. The Morgan fingerprint density at radius 1 is 1.03 bits per heavy atom. The molecule has 2 aromatic heterocycles. The molecule has 0 atom stereocenters. The van der Waals surface area contributed by atoms with Crippen molar-refractivity contribution in [3.05, 3.63) is 86.1 Å². The number of hydroxylamine groups is 1. The SMILES string of the molecule is CONC(=O)Nc1ccc(-c2sc3c(c2CN(C)C)c(=O)n(OC)c(=O)n3Cc2c(F)cccc2F)cc1. The van der Waals surface area contributed by atoms with Crippen molar-refractivity contribution in [1.29, 1.82) is 0 Å². The molecule has 0 aliphatic carbocycles. The second kappa shape index (κ2) is 11.1. The third kappa shape index (κ3) is 5.16. The van der Waals surface area contributed by atoms with Crippen molar-refractivity contribution in [1.82, 2.24) is 19.7 Å². The molecule has 4 rings (SSSR count). The fourth-order valence-corrected chi connectivity index (χ4v) is 5.35. The minimum absolute atomic E-state index is 0.207. The molecule has 0 fully saturated rings. The Balaban J connectivity index is 1.94. The molecule has 0 radical (unpaired) electrons. The minimum atomic E-state index is -0.861. The summed E-state index contributed by atoms with van der Waals surface area (Å²) in [6.07, 6.45) is 0. The minimum Gasteiger partial charge on any atom is -0.409 e. The topological polar surface area (TPSA) is 107 Å². The molecule has 13 heteroatoms. The summed E-state index contributed by atoms with van der Waals surface area (Å²) >= 11 is 1.15. The number of carbonyl (C=O) groups is 1. The number of hydrogen-bond donors (Lipinski definition) is 2. The van der Waals surface area contributed by atoms with E-state index in [9.17, 15) is 23.2 Å². The number of carbonyl (C=O) groups excluding carboxylic acids is 1. The molecule has 0 saturated heterocycles. The normalized spacial score (nSPS) is 11.2. The van der Waals surface area contributed by atoms with E-state index in [4.69, 9.17) is 4.84 Å². The van der Waals surface area contributed by atoms with Crippen LogP contribution in [0.1, 0.15) is 11.1 Å². The molecule has 38 heavy (non-hydrogen) atoms.